The molecule has 4 nitrogen and oxygen atoms in total. The SMILES string of the molecule is C=CC(=O)n1c(=O)oc2cccc([Si](C)(C)C)c21. The quantitative estimate of drug-likeness (QED) is 0.613. The van der Waals surface area contributed by atoms with Gasteiger partial charge in [0.1, 0.15) is 0 Å². The van der Waals surface area contributed by atoms with Crippen molar-refractivity contribution in [1.82, 2.24) is 4.57 Å². The van der Waals surface area contributed by atoms with Gasteiger partial charge >= 0.3 is 5.76 Å². The lowest BCUT2D eigenvalue weighted by Crippen LogP contribution is -2.40. The molecule has 1 heterocycles. The molecule has 18 heavy (non-hydrogen) atoms. The summed E-state index contributed by atoms with van der Waals surface area (Å²) in [5.41, 5.74) is 1.04. The number of oxazole rings is 1. The van der Waals surface area contributed by atoms with Crippen molar-refractivity contribution in [3.8, 4) is 0 Å². The molecule has 0 spiro atoms. The third-order valence-electron chi connectivity index (χ3n) is 2.81. The Kier molecular flexibility index (Phi) is 2.86. The van der Waals surface area contributed by atoms with Crippen molar-refractivity contribution in [2.45, 2.75) is 19.6 Å². The maximum atomic E-state index is 11.8. The molecule has 0 radical (unpaired) electrons. The number of para-hydroxylation sites is 1. The summed E-state index contributed by atoms with van der Waals surface area (Å²) in [6, 6.07) is 5.51. The number of hydrogen-bond acceptors (Lipinski definition) is 3. The second-order valence-electron chi connectivity index (χ2n) is 5.15. The molecular weight excluding hydrogens is 246 g/mol. The number of hydrogen-bond donors (Lipinski definition) is 0. The smallest absolute Gasteiger partial charge is 0.407 e. The highest BCUT2D eigenvalue weighted by atomic mass is 28.3. The molecule has 94 valence electrons. The molecule has 2 rings (SSSR count). The van der Waals surface area contributed by atoms with Crippen LogP contribution in [0.1, 0.15) is 4.79 Å². The van der Waals surface area contributed by atoms with Crippen molar-refractivity contribution in [3.05, 3.63) is 41.4 Å². The largest absolute Gasteiger partial charge is 0.427 e. The molecule has 0 bridgehead atoms. The number of allylic oxidation sites excluding steroid dienone is 1. The van der Waals surface area contributed by atoms with E-state index >= 15 is 0 Å². The van der Waals surface area contributed by atoms with Crippen LogP contribution in [0.15, 0.2) is 40.1 Å². The van der Waals surface area contributed by atoms with Gasteiger partial charge in [-0.25, -0.2) is 9.36 Å². The zero-order valence-corrected chi connectivity index (χ0v) is 11.7. The Morgan fingerprint density at radius 2 is 2.06 bits per heavy atom. The van der Waals surface area contributed by atoms with E-state index in [1.54, 1.807) is 6.07 Å². The highest BCUT2D eigenvalue weighted by Crippen LogP contribution is 2.15. The van der Waals surface area contributed by atoms with E-state index in [1.807, 2.05) is 12.1 Å². The first-order chi connectivity index (χ1) is 8.36. The Hall–Kier alpha value is -1.88. The van der Waals surface area contributed by atoms with Crippen LogP contribution in [-0.2, 0) is 0 Å². The van der Waals surface area contributed by atoms with E-state index in [0.717, 1.165) is 15.8 Å². The summed E-state index contributed by atoms with van der Waals surface area (Å²) in [4.78, 5) is 23.6. The van der Waals surface area contributed by atoms with E-state index in [4.69, 9.17) is 4.42 Å². The second-order valence-corrected chi connectivity index (χ2v) is 10.2. The Balaban J connectivity index is 2.95. The van der Waals surface area contributed by atoms with Crippen molar-refractivity contribution >= 4 is 30.3 Å². The third-order valence-corrected chi connectivity index (χ3v) is 4.82. The molecule has 0 aliphatic heterocycles. The molecular formula is C13H15NO3Si. The molecule has 1 aromatic carbocycles. The van der Waals surface area contributed by atoms with Gasteiger partial charge in [-0.1, -0.05) is 38.4 Å². The van der Waals surface area contributed by atoms with E-state index in [1.165, 1.54) is 0 Å². The van der Waals surface area contributed by atoms with E-state index < -0.39 is 19.7 Å². The van der Waals surface area contributed by atoms with Crippen LogP contribution in [0.3, 0.4) is 0 Å². The van der Waals surface area contributed by atoms with Gasteiger partial charge in [0.15, 0.2) is 5.58 Å². The van der Waals surface area contributed by atoms with Crippen LogP contribution in [0.25, 0.3) is 11.1 Å². The predicted octanol–water partition coefficient (Wildman–Crippen LogP) is 1.97. The fourth-order valence-corrected chi connectivity index (χ4v) is 3.50. The van der Waals surface area contributed by atoms with Crippen molar-refractivity contribution in [2.24, 2.45) is 0 Å². The lowest BCUT2D eigenvalue weighted by Gasteiger charge is -2.17. The zero-order chi connectivity index (χ0) is 13.5. The number of aromatic nitrogens is 1. The molecule has 2 aromatic rings. The maximum Gasteiger partial charge on any atom is 0.427 e. The summed E-state index contributed by atoms with van der Waals surface area (Å²) >= 11 is 0. The van der Waals surface area contributed by atoms with Gasteiger partial charge in [-0.3, -0.25) is 4.79 Å². The van der Waals surface area contributed by atoms with Gasteiger partial charge in [0.05, 0.1) is 13.6 Å². The molecule has 0 atom stereocenters. The van der Waals surface area contributed by atoms with Crippen molar-refractivity contribution in [2.75, 3.05) is 0 Å². The molecule has 0 saturated heterocycles. The third kappa shape index (κ3) is 1.86. The standard InChI is InChI=1S/C13H15NO3Si/c1-5-11(15)14-12-9(17-13(14)16)7-6-8-10(12)18(2,3)4/h5-8H,1H2,2-4H3. The highest BCUT2D eigenvalue weighted by Gasteiger charge is 2.24. The average Bonchev–Trinajstić information content (AvgIpc) is 2.62. The van der Waals surface area contributed by atoms with Gasteiger partial charge in [0.2, 0.25) is 0 Å². The van der Waals surface area contributed by atoms with Crippen molar-refractivity contribution in [1.29, 1.82) is 0 Å². The fraction of sp³-hybridized carbons (Fsp3) is 0.231. The number of rotatable bonds is 2. The van der Waals surface area contributed by atoms with Gasteiger partial charge < -0.3 is 4.42 Å². The number of fused-ring (bicyclic) bond motifs is 1. The highest BCUT2D eigenvalue weighted by molar-refractivity contribution is 6.90. The predicted molar refractivity (Wildman–Crippen MR) is 74.3 cm³/mol. The van der Waals surface area contributed by atoms with Crippen LogP contribution in [0.5, 0.6) is 0 Å². The van der Waals surface area contributed by atoms with E-state index in [-0.39, 0.29) is 0 Å². The van der Waals surface area contributed by atoms with Crippen LogP contribution in [0, 0.1) is 0 Å². The number of carbonyl (C=O) groups excluding carboxylic acids is 1. The number of carbonyl (C=O) groups is 1. The van der Waals surface area contributed by atoms with Crippen molar-refractivity contribution < 1.29 is 9.21 Å². The summed E-state index contributed by atoms with van der Waals surface area (Å²) in [5.74, 6) is -1.11. The van der Waals surface area contributed by atoms with E-state index in [2.05, 4.69) is 26.2 Å². The minimum atomic E-state index is -1.68. The fourth-order valence-electron chi connectivity index (χ4n) is 1.96. The summed E-state index contributed by atoms with van der Waals surface area (Å²) in [6.07, 6.45) is 1.12. The Morgan fingerprint density at radius 3 is 2.61 bits per heavy atom. The van der Waals surface area contributed by atoms with Gasteiger partial charge in [-0.2, -0.15) is 0 Å². The first kappa shape index (κ1) is 12.6. The van der Waals surface area contributed by atoms with E-state index in [9.17, 15) is 9.59 Å². The Labute approximate surface area is 106 Å². The van der Waals surface area contributed by atoms with Crippen LogP contribution < -0.4 is 10.9 Å². The van der Waals surface area contributed by atoms with Gasteiger partial charge in [-0.05, 0) is 17.3 Å². The molecule has 0 amide bonds. The average molecular weight is 261 g/mol. The molecule has 0 fully saturated rings. The Morgan fingerprint density at radius 1 is 1.39 bits per heavy atom. The molecule has 5 heteroatoms. The summed E-state index contributed by atoms with van der Waals surface area (Å²) in [5, 5.41) is 1.03. The van der Waals surface area contributed by atoms with Crippen LogP contribution >= 0.6 is 0 Å². The van der Waals surface area contributed by atoms with Crippen LogP contribution in [0.4, 0.5) is 0 Å². The molecule has 0 N–H and O–H groups in total. The lowest BCUT2D eigenvalue weighted by atomic mass is 10.3. The second kappa shape index (κ2) is 4.10. The molecule has 0 aliphatic carbocycles. The first-order valence-corrected chi connectivity index (χ1v) is 9.18. The Bertz CT molecular complexity index is 688. The van der Waals surface area contributed by atoms with Gasteiger partial charge in [0, 0.05) is 0 Å². The number of nitrogens with zero attached hydrogens (tertiary/aromatic N) is 1. The topological polar surface area (TPSA) is 52.2 Å². The normalized spacial score (nSPS) is 11.7. The van der Waals surface area contributed by atoms with E-state index in [0.29, 0.717) is 11.1 Å². The zero-order valence-electron chi connectivity index (χ0n) is 10.7. The van der Waals surface area contributed by atoms with Crippen LogP contribution in [0.2, 0.25) is 19.6 Å². The summed E-state index contributed by atoms with van der Waals surface area (Å²) < 4.78 is 6.18. The van der Waals surface area contributed by atoms with Crippen molar-refractivity contribution in [3.63, 3.8) is 0 Å². The molecule has 0 aliphatic rings. The minimum Gasteiger partial charge on any atom is -0.407 e. The summed E-state index contributed by atoms with van der Waals surface area (Å²) in [7, 11) is -1.68. The minimum absolute atomic E-state index is 0.454. The van der Waals surface area contributed by atoms with Gasteiger partial charge in [-0.15, -0.1) is 0 Å². The summed E-state index contributed by atoms with van der Waals surface area (Å²) in [6.45, 7) is 9.88. The molecule has 0 unspecified atom stereocenters. The molecule has 0 saturated carbocycles. The monoisotopic (exact) mass is 261 g/mol. The number of benzene rings is 1. The lowest BCUT2D eigenvalue weighted by molar-refractivity contribution is 0.0966. The van der Waals surface area contributed by atoms with Crippen LogP contribution in [-0.4, -0.2) is 18.5 Å². The first-order valence-electron chi connectivity index (χ1n) is 5.68. The molecule has 1 aromatic heterocycles. The maximum absolute atomic E-state index is 11.8. The van der Waals surface area contributed by atoms with Gasteiger partial charge in [0.25, 0.3) is 5.91 Å².